The van der Waals surface area contributed by atoms with Gasteiger partial charge in [0, 0.05) is 29.9 Å². The number of nitrogens with one attached hydrogen (secondary N) is 2. The number of rotatable bonds is 0. The number of benzene rings is 2. The normalized spacial score (nSPS) is 17.9. The summed E-state index contributed by atoms with van der Waals surface area (Å²) in [5.74, 6) is 1.78. The third-order valence-corrected chi connectivity index (χ3v) is 7.15. The zero-order chi connectivity index (χ0) is 21.4. The van der Waals surface area contributed by atoms with E-state index < -0.39 is 0 Å². The van der Waals surface area contributed by atoms with Crippen molar-refractivity contribution in [2.24, 2.45) is 0 Å². The molecule has 1 aromatic heterocycles. The van der Waals surface area contributed by atoms with Crippen molar-refractivity contribution < 1.29 is 9.53 Å². The first-order valence-electron chi connectivity index (χ1n) is 9.83. The molecule has 0 saturated carbocycles. The summed E-state index contributed by atoms with van der Waals surface area (Å²) in [7, 11) is 0. The summed E-state index contributed by atoms with van der Waals surface area (Å²) in [5, 5.41) is 16.7. The fourth-order valence-corrected chi connectivity index (χ4v) is 5.30. The number of carbonyl (C=O) groups excluding carboxylic acids is 1. The van der Waals surface area contributed by atoms with E-state index in [0.717, 1.165) is 26.5 Å². The van der Waals surface area contributed by atoms with Gasteiger partial charge in [-0.05, 0) is 41.5 Å². The summed E-state index contributed by atoms with van der Waals surface area (Å²) >= 11 is 5.19. The molecule has 5 rings (SSSR count). The van der Waals surface area contributed by atoms with E-state index in [0.29, 0.717) is 42.4 Å². The quantitative estimate of drug-likeness (QED) is 0.492. The number of amides is 1. The standard InChI is InChI=1S/C22H18BrN5O2S/c23-17-4-3-16-7-15(17)10-25-5-6-26-21(29)18-11-27-22-28(18)19(12-31-22)13-1-2-14(9-24)20(8-13)30-16/h1-4,7-8,11,19,25H,5-6,10,12H2,(H,26,29). The van der Waals surface area contributed by atoms with Crippen molar-refractivity contribution >= 4 is 33.6 Å². The van der Waals surface area contributed by atoms with Crippen LogP contribution in [0.2, 0.25) is 0 Å². The van der Waals surface area contributed by atoms with Crippen LogP contribution in [-0.2, 0) is 6.54 Å². The molecule has 1 amide bonds. The Bertz CT molecular complexity index is 1220. The van der Waals surface area contributed by atoms with Crippen molar-refractivity contribution in [2.75, 3.05) is 18.8 Å². The minimum Gasteiger partial charge on any atom is -0.456 e. The Morgan fingerprint density at radius 3 is 3.03 bits per heavy atom. The molecule has 0 radical (unpaired) electrons. The number of fused-ring (bicyclic) bond motifs is 5. The lowest BCUT2D eigenvalue weighted by Gasteiger charge is -2.18. The molecule has 3 aromatic rings. The van der Waals surface area contributed by atoms with E-state index in [9.17, 15) is 10.1 Å². The van der Waals surface area contributed by atoms with Crippen LogP contribution in [0.5, 0.6) is 11.5 Å². The Labute approximate surface area is 191 Å². The molecule has 0 spiro atoms. The Balaban J connectivity index is 1.61. The van der Waals surface area contributed by atoms with Crippen LogP contribution in [0.25, 0.3) is 0 Å². The Morgan fingerprint density at radius 1 is 1.26 bits per heavy atom. The SMILES string of the molecule is N#Cc1ccc2cc1Oc1ccc(Br)c(c1)CNCCNC(=O)c1cnc3n1C2CS3. The maximum Gasteiger partial charge on any atom is 0.269 e. The van der Waals surface area contributed by atoms with Crippen molar-refractivity contribution in [1.82, 2.24) is 20.2 Å². The Morgan fingerprint density at radius 2 is 2.16 bits per heavy atom. The van der Waals surface area contributed by atoms with Crippen molar-refractivity contribution in [2.45, 2.75) is 17.7 Å². The molecule has 2 N–H and O–H groups in total. The van der Waals surface area contributed by atoms with E-state index in [1.54, 1.807) is 24.0 Å². The molecule has 3 heterocycles. The second-order valence-electron chi connectivity index (χ2n) is 7.28. The number of thioether (sulfide) groups is 1. The maximum atomic E-state index is 12.8. The topological polar surface area (TPSA) is 92.0 Å². The smallest absolute Gasteiger partial charge is 0.269 e. The monoisotopic (exact) mass is 495 g/mol. The molecular formula is C22H18BrN5O2S. The molecule has 1 unspecified atom stereocenters. The highest BCUT2D eigenvalue weighted by Gasteiger charge is 2.30. The lowest BCUT2D eigenvalue weighted by atomic mass is 10.0. The number of imidazole rings is 1. The molecule has 2 aromatic carbocycles. The van der Waals surface area contributed by atoms with Gasteiger partial charge in [-0.2, -0.15) is 5.26 Å². The van der Waals surface area contributed by atoms with E-state index >= 15 is 0 Å². The zero-order valence-electron chi connectivity index (χ0n) is 16.4. The molecule has 1 atom stereocenters. The van der Waals surface area contributed by atoms with Gasteiger partial charge in [0.25, 0.3) is 5.91 Å². The molecule has 7 nitrogen and oxygen atoms in total. The second kappa shape index (κ2) is 8.38. The molecule has 4 bridgehead atoms. The molecule has 2 aliphatic rings. The van der Waals surface area contributed by atoms with Gasteiger partial charge in [-0.1, -0.05) is 33.8 Å². The van der Waals surface area contributed by atoms with Gasteiger partial charge in [0.2, 0.25) is 0 Å². The number of halogens is 1. The first-order valence-corrected chi connectivity index (χ1v) is 11.6. The van der Waals surface area contributed by atoms with Gasteiger partial charge >= 0.3 is 0 Å². The Hall–Kier alpha value is -2.80. The van der Waals surface area contributed by atoms with E-state index in [4.69, 9.17) is 4.74 Å². The van der Waals surface area contributed by atoms with Gasteiger partial charge in [-0.3, -0.25) is 4.79 Å². The molecular weight excluding hydrogens is 478 g/mol. The van der Waals surface area contributed by atoms with Crippen LogP contribution < -0.4 is 15.4 Å². The zero-order valence-corrected chi connectivity index (χ0v) is 18.8. The first kappa shape index (κ1) is 20.1. The van der Waals surface area contributed by atoms with Crippen molar-refractivity contribution in [3.63, 3.8) is 0 Å². The van der Waals surface area contributed by atoms with E-state index in [1.807, 2.05) is 34.9 Å². The van der Waals surface area contributed by atoms with Crippen molar-refractivity contribution in [3.8, 4) is 17.6 Å². The summed E-state index contributed by atoms with van der Waals surface area (Å²) in [5.41, 5.74) is 3.00. The van der Waals surface area contributed by atoms with Crippen LogP contribution in [0.15, 0.2) is 52.2 Å². The van der Waals surface area contributed by atoms with Crippen LogP contribution in [0.4, 0.5) is 0 Å². The molecule has 0 fully saturated rings. The third kappa shape index (κ3) is 3.82. The van der Waals surface area contributed by atoms with Crippen LogP contribution in [-0.4, -0.2) is 34.3 Å². The maximum absolute atomic E-state index is 12.8. The fraction of sp³-hybridized carbons (Fsp3) is 0.227. The van der Waals surface area contributed by atoms with Crippen LogP contribution in [0.3, 0.4) is 0 Å². The number of hydrogen-bond donors (Lipinski definition) is 2. The first-order chi connectivity index (χ1) is 15.1. The van der Waals surface area contributed by atoms with E-state index in [1.165, 1.54) is 0 Å². The van der Waals surface area contributed by atoms with E-state index in [-0.39, 0.29) is 11.9 Å². The third-order valence-electron chi connectivity index (χ3n) is 5.34. The molecule has 0 aliphatic carbocycles. The minimum atomic E-state index is -0.145. The number of carbonyl (C=O) groups is 1. The number of nitriles is 1. The Kier molecular flexibility index (Phi) is 5.44. The summed E-state index contributed by atoms with van der Waals surface area (Å²) < 4.78 is 9.09. The number of aromatic nitrogens is 2. The number of ether oxygens (including phenoxy) is 1. The number of hydrogen-bond acceptors (Lipinski definition) is 6. The molecule has 31 heavy (non-hydrogen) atoms. The molecule has 0 saturated heterocycles. The van der Waals surface area contributed by atoms with Gasteiger partial charge in [0.05, 0.1) is 17.8 Å². The minimum absolute atomic E-state index is 0.0650. The van der Waals surface area contributed by atoms with Crippen molar-refractivity contribution in [1.29, 1.82) is 5.26 Å². The van der Waals surface area contributed by atoms with Crippen LogP contribution in [0.1, 0.15) is 33.2 Å². The van der Waals surface area contributed by atoms with Crippen molar-refractivity contribution in [3.05, 3.63) is 69.5 Å². The lowest BCUT2D eigenvalue weighted by Crippen LogP contribution is -2.33. The highest BCUT2D eigenvalue weighted by Crippen LogP contribution is 2.40. The largest absolute Gasteiger partial charge is 0.456 e. The second-order valence-corrected chi connectivity index (χ2v) is 9.12. The summed E-state index contributed by atoms with van der Waals surface area (Å²) in [4.78, 5) is 17.3. The summed E-state index contributed by atoms with van der Waals surface area (Å²) in [6.45, 7) is 1.74. The molecule has 156 valence electrons. The van der Waals surface area contributed by atoms with Gasteiger partial charge < -0.3 is 19.9 Å². The molecule has 9 heteroatoms. The van der Waals surface area contributed by atoms with Gasteiger partial charge in [0.15, 0.2) is 5.16 Å². The van der Waals surface area contributed by atoms with Crippen LogP contribution >= 0.6 is 27.7 Å². The van der Waals surface area contributed by atoms with Gasteiger partial charge in [-0.25, -0.2) is 4.98 Å². The predicted octanol–water partition coefficient (Wildman–Crippen LogP) is 3.84. The fourth-order valence-electron chi connectivity index (χ4n) is 3.77. The number of nitrogens with zero attached hydrogens (tertiary/aromatic N) is 3. The highest BCUT2D eigenvalue weighted by atomic mass is 79.9. The lowest BCUT2D eigenvalue weighted by molar-refractivity contribution is 0.0943. The predicted molar refractivity (Wildman–Crippen MR) is 121 cm³/mol. The molecule has 2 aliphatic heterocycles. The van der Waals surface area contributed by atoms with Gasteiger partial charge in [0.1, 0.15) is 23.3 Å². The summed E-state index contributed by atoms with van der Waals surface area (Å²) in [6, 6.07) is 13.5. The summed E-state index contributed by atoms with van der Waals surface area (Å²) in [6.07, 6.45) is 1.63. The average molecular weight is 496 g/mol. The van der Waals surface area contributed by atoms with Crippen LogP contribution in [0, 0.1) is 11.3 Å². The van der Waals surface area contributed by atoms with Gasteiger partial charge in [-0.15, -0.1) is 0 Å². The van der Waals surface area contributed by atoms with E-state index in [2.05, 4.69) is 37.6 Å². The highest BCUT2D eigenvalue weighted by molar-refractivity contribution is 9.10. The average Bonchev–Trinajstić information content (AvgIpc) is 3.37.